The maximum Gasteiger partial charge on any atom is 0.337 e. The van der Waals surface area contributed by atoms with Gasteiger partial charge >= 0.3 is 5.97 Å². The van der Waals surface area contributed by atoms with Crippen LogP contribution in [0.2, 0.25) is 0 Å². The molecule has 0 amide bonds. The zero-order chi connectivity index (χ0) is 12.8. The number of hydrogen-bond acceptors (Lipinski definition) is 4. The highest BCUT2D eigenvalue weighted by atomic mass is 35.5. The van der Waals surface area contributed by atoms with Crippen LogP contribution >= 0.6 is 11.6 Å². The van der Waals surface area contributed by atoms with Gasteiger partial charge in [-0.05, 0) is 24.1 Å². The Kier molecular flexibility index (Phi) is 5.41. The number of methoxy groups -OCH3 is 1. The number of aliphatic hydroxyl groups excluding tert-OH is 2. The predicted molar refractivity (Wildman–Crippen MR) is 64.1 cm³/mol. The summed E-state index contributed by atoms with van der Waals surface area (Å²) in [6.07, 6.45) is -1.72. The average Bonchev–Trinajstić information content (AvgIpc) is 2.37. The molecule has 0 heterocycles. The highest BCUT2D eigenvalue weighted by Gasteiger charge is 2.18. The van der Waals surface area contributed by atoms with Crippen LogP contribution in [0.15, 0.2) is 24.3 Å². The van der Waals surface area contributed by atoms with Crippen molar-refractivity contribution in [3.8, 4) is 0 Å². The number of halogens is 1. The SMILES string of the molecule is COC(=O)c1cccc(C(O)C(O)CCCl)c1. The molecule has 94 valence electrons. The Labute approximate surface area is 105 Å². The fourth-order valence-electron chi connectivity index (χ4n) is 1.46. The molecular weight excluding hydrogens is 244 g/mol. The Morgan fingerprint density at radius 1 is 1.47 bits per heavy atom. The van der Waals surface area contributed by atoms with E-state index in [4.69, 9.17) is 11.6 Å². The zero-order valence-corrected chi connectivity index (χ0v) is 10.2. The first kappa shape index (κ1) is 14.0. The molecule has 0 aromatic heterocycles. The summed E-state index contributed by atoms with van der Waals surface area (Å²) in [6, 6.07) is 6.33. The van der Waals surface area contributed by atoms with Crippen LogP contribution in [-0.2, 0) is 4.74 Å². The Morgan fingerprint density at radius 2 is 2.18 bits per heavy atom. The highest BCUT2D eigenvalue weighted by molar-refractivity contribution is 6.17. The summed E-state index contributed by atoms with van der Waals surface area (Å²) < 4.78 is 4.57. The van der Waals surface area contributed by atoms with E-state index in [-0.39, 0.29) is 12.3 Å². The van der Waals surface area contributed by atoms with Crippen LogP contribution in [0.3, 0.4) is 0 Å². The van der Waals surface area contributed by atoms with Crippen molar-refractivity contribution in [3.05, 3.63) is 35.4 Å². The minimum Gasteiger partial charge on any atom is -0.465 e. The Balaban J connectivity index is 2.87. The average molecular weight is 259 g/mol. The lowest BCUT2D eigenvalue weighted by Gasteiger charge is -2.17. The van der Waals surface area contributed by atoms with Gasteiger partial charge in [0.2, 0.25) is 0 Å². The number of carbonyl (C=O) groups is 1. The summed E-state index contributed by atoms with van der Waals surface area (Å²) in [5.74, 6) is -0.222. The topological polar surface area (TPSA) is 66.8 Å². The number of carbonyl (C=O) groups excluding carboxylic acids is 1. The summed E-state index contributed by atoms with van der Waals surface area (Å²) in [6.45, 7) is 0. The first-order chi connectivity index (χ1) is 8.10. The lowest BCUT2D eigenvalue weighted by molar-refractivity contribution is 0.0169. The van der Waals surface area contributed by atoms with Crippen molar-refractivity contribution in [2.75, 3.05) is 13.0 Å². The molecule has 0 spiro atoms. The molecule has 1 aromatic carbocycles. The number of rotatable bonds is 5. The van der Waals surface area contributed by atoms with Gasteiger partial charge < -0.3 is 14.9 Å². The second kappa shape index (κ2) is 6.59. The number of aliphatic hydroxyl groups is 2. The summed E-state index contributed by atoms with van der Waals surface area (Å²) in [5, 5.41) is 19.4. The normalized spacial score (nSPS) is 14.1. The minimum atomic E-state index is -1.06. The van der Waals surface area contributed by atoms with Gasteiger partial charge in [0.05, 0.1) is 18.8 Å². The molecule has 0 saturated heterocycles. The lowest BCUT2D eigenvalue weighted by Crippen LogP contribution is -2.19. The van der Waals surface area contributed by atoms with Gasteiger partial charge in [0.15, 0.2) is 0 Å². The second-order valence-corrected chi connectivity index (χ2v) is 3.98. The fourth-order valence-corrected chi connectivity index (χ4v) is 1.68. The van der Waals surface area contributed by atoms with Crippen LogP contribution in [-0.4, -0.2) is 35.3 Å². The van der Waals surface area contributed by atoms with Gasteiger partial charge in [-0.1, -0.05) is 12.1 Å². The van der Waals surface area contributed by atoms with Crippen molar-refractivity contribution in [2.45, 2.75) is 18.6 Å². The van der Waals surface area contributed by atoms with Crippen molar-refractivity contribution in [2.24, 2.45) is 0 Å². The maximum absolute atomic E-state index is 11.3. The third-order valence-electron chi connectivity index (χ3n) is 2.42. The van der Waals surface area contributed by atoms with E-state index in [0.29, 0.717) is 11.1 Å². The third-order valence-corrected chi connectivity index (χ3v) is 2.64. The van der Waals surface area contributed by atoms with Gasteiger partial charge in [-0.15, -0.1) is 11.6 Å². The van der Waals surface area contributed by atoms with E-state index in [2.05, 4.69) is 4.74 Å². The molecule has 0 saturated carbocycles. The standard InChI is InChI=1S/C12H15ClO4/c1-17-12(16)9-4-2-3-8(7-9)11(15)10(14)5-6-13/h2-4,7,10-11,14-15H,5-6H2,1H3. The van der Waals surface area contributed by atoms with Crippen LogP contribution in [0.4, 0.5) is 0 Å². The van der Waals surface area contributed by atoms with Gasteiger partial charge in [-0.2, -0.15) is 0 Å². The van der Waals surface area contributed by atoms with Gasteiger partial charge in [0, 0.05) is 5.88 Å². The first-order valence-electron chi connectivity index (χ1n) is 5.20. The van der Waals surface area contributed by atoms with E-state index in [1.54, 1.807) is 18.2 Å². The molecule has 0 aliphatic heterocycles. The molecule has 0 aliphatic rings. The summed E-state index contributed by atoms with van der Waals surface area (Å²) in [5.41, 5.74) is 0.799. The van der Waals surface area contributed by atoms with Crippen LogP contribution < -0.4 is 0 Å². The smallest absolute Gasteiger partial charge is 0.337 e. The molecule has 1 aromatic rings. The molecule has 0 radical (unpaired) electrons. The quantitative estimate of drug-likeness (QED) is 0.620. The molecule has 4 nitrogen and oxygen atoms in total. The van der Waals surface area contributed by atoms with E-state index in [0.717, 1.165) is 0 Å². The van der Waals surface area contributed by atoms with E-state index in [1.165, 1.54) is 13.2 Å². The van der Waals surface area contributed by atoms with Gasteiger partial charge in [-0.25, -0.2) is 4.79 Å². The number of hydrogen-bond donors (Lipinski definition) is 2. The van der Waals surface area contributed by atoms with Crippen molar-refractivity contribution < 1.29 is 19.7 Å². The molecule has 1 rings (SSSR count). The largest absolute Gasteiger partial charge is 0.465 e. The van der Waals surface area contributed by atoms with E-state index in [9.17, 15) is 15.0 Å². The molecule has 5 heteroatoms. The van der Waals surface area contributed by atoms with Gasteiger partial charge in [-0.3, -0.25) is 0 Å². The third kappa shape index (κ3) is 3.70. The molecule has 0 fully saturated rings. The minimum absolute atomic E-state index is 0.259. The molecule has 17 heavy (non-hydrogen) atoms. The lowest BCUT2D eigenvalue weighted by atomic mass is 10.0. The number of ether oxygens (including phenoxy) is 1. The molecule has 2 unspecified atom stereocenters. The van der Waals surface area contributed by atoms with E-state index < -0.39 is 18.2 Å². The number of benzene rings is 1. The molecule has 0 bridgehead atoms. The summed E-state index contributed by atoms with van der Waals surface area (Å²) >= 11 is 5.49. The van der Waals surface area contributed by atoms with Crippen molar-refractivity contribution in [1.29, 1.82) is 0 Å². The van der Waals surface area contributed by atoms with Crippen molar-refractivity contribution in [3.63, 3.8) is 0 Å². The van der Waals surface area contributed by atoms with Crippen LogP contribution in [0, 0.1) is 0 Å². The van der Waals surface area contributed by atoms with Crippen molar-refractivity contribution in [1.82, 2.24) is 0 Å². The Morgan fingerprint density at radius 3 is 2.76 bits per heavy atom. The molecule has 2 atom stereocenters. The van der Waals surface area contributed by atoms with E-state index >= 15 is 0 Å². The van der Waals surface area contributed by atoms with Crippen molar-refractivity contribution >= 4 is 17.6 Å². The monoisotopic (exact) mass is 258 g/mol. The van der Waals surface area contributed by atoms with Gasteiger partial charge in [0.25, 0.3) is 0 Å². The first-order valence-corrected chi connectivity index (χ1v) is 5.74. The van der Waals surface area contributed by atoms with Crippen LogP contribution in [0.1, 0.15) is 28.4 Å². The Bertz CT molecular complexity index is 381. The van der Waals surface area contributed by atoms with E-state index in [1.807, 2.05) is 0 Å². The number of esters is 1. The zero-order valence-electron chi connectivity index (χ0n) is 9.47. The van der Waals surface area contributed by atoms with Crippen LogP contribution in [0.5, 0.6) is 0 Å². The molecule has 0 aliphatic carbocycles. The predicted octanol–water partition coefficient (Wildman–Crippen LogP) is 1.50. The Hall–Kier alpha value is -1.10. The fraction of sp³-hybridized carbons (Fsp3) is 0.417. The number of alkyl halides is 1. The second-order valence-electron chi connectivity index (χ2n) is 3.61. The van der Waals surface area contributed by atoms with Crippen LogP contribution in [0.25, 0.3) is 0 Å². The maximum atomic E-state index is 11.3. The molecule has 2 N–H and O–H groups in total. The highest BCUT2D eigenvalue weighted by Crippen LogP contribution is 2.20. The molecular formula is C12H15ClO4. The summed E-state index contributed by atoms with van der Waals surface area (Å²) in [7, 11) is 1.29. The van der Waals surface area contributed by atoms with Gasteiger partial charge in [0.1, 0.15) is 6.10 Å². The summed E-state index contributed by atoms with van der Waals surface area (Å²) in [4.78, 5) is 11.3.